The van der Waals surface area contributed by atoms with Gasteiger partial charge in [0.2, 0.25) is 0 Å². The molecule has 0 unspecified atom stereocenters. The molecule has 3 aromatic rings. The number of aromatic nitrogens is 5. The molecule has 3 aromatic heterocycles. The fourth-order valence-electron chi connectivity index (χ4n) is 3.12. The van der Waals surface area contributed by atoms with E-state index in [1.54, 1.807) is 6.20 Å². The first kappa shape index (κ1) is 16.6. The van der Waals surface area contributed by atoms with Crippen LogP contribution in [-0.4, -0.2) is 25.1 Å². The molecule has 0 aromatic carbocycles. The van der Waals surface area contributed by atoms with E-state index >= 15 is 0 Å². The van der Waals surface area contributed by atoms with Crippen LogP contribution < -0.4 is 0 Å². The Kier molecular flexibility index (Phi) is 3.93. The van der Waals surface area contributed by atoms with Crippen LogP contribution in [0.3, 0.4) is 0 Å². The van der Waals surface area contributed by atoms with E-state index in [1.807, 2.05) is 18.2 Å². The highest BCUT2D eigenvalue weighted by Crippen LogP contribution is 2.44. The van der Waals surface area contributed by atoms with E-state index in [1.165, 1.54) is 12.4 Å². The second-order valence-electron chi connectivity index (χ2n) is 6.32. The fourth-order valence-corrected chi connectivity index (χ4v) is 3.12. The summed E-state index contributed by atoms with van der Waals surface area (Å²) in [7, 11) is 0. The Balaban J connectivity index is 1.54. The first-order valence-electron chi connectivity index (χ1n) is 8.10. The lowest BCUT2D eigenvalue weighted by molar-refractivity contribution is -0.156. The van der Waals surface area contributed by atoms with Gasteiger partial charge in [0.05, 0.1) is 5.56 Å². The predicted octanol–water partition coefficient (Wildman–Crippen LogP) is 3.60. The maximum Gasteiger partial charge on any atom is 0.470 e. The molecule has 0 atom stereocenters. The molecule has 1 aliphatic carbocycles. The Hall–Kier alpha value is -2.84. The van der Waals surface area contributed by atoms with Crippen LogP contribution in [0.25, 0.3) is 11.5 Å². The summed E-state index contributed by atoms with van der Waals surface area (Å²) in [5.74, 6) is -1.04. The molecule has 1 aliphatic rings. The summed E-state index contributed by atoms with van der Waals surface area (Å²) in [5.41, 5.74) is 1.19. The Morgan fingerprint density at radius 1 is 1.04 bits per heavy atom. The number of rotatable bonds is 4. The quantitative estimate of drug-likeness (QED) is 0.707. The standard InChI is InChI=1S/C17H14F3N5O/c18-17(19,20)15-25-24-14(26-15)11-9-22-13(23-10-11)8-16(5-3-6-16)12-4-1-2-7-21-12/h1-2,4,7,9-10H,3,5-6,8H2. The maximum absolute atomic E-state index is 12.5. The highest BCUT2D eigenvalue weighted by molar-refractivity contribution is 5.48. The van der Waals surface area contributed by atoms with Gasteiger partial charge in [-0.15, -0.1) is 10.2 Å². The predicted molar refractivity (Wildman–Crippen MR) is 83.8 cm³/mol. The molecule has 0 amide bonds. The molecule has 6 nitrogen and oxygen atoms in total. The van der Waals surface area contributed by atoms with Gasteiger partial charge in [0.25, 0.3) is 5.89 Å². The minimum Gasteiger partial charge on any atom is -0.413 e. The van der Waals surface area contributed by atoms with E-state index < -0.39 is 12.1 Å². The summed E-state index contributed by atoms with van der Waals surface area (Å²) in [4.78, 5) is 13.0. The first-order valence-corrected chi connectivity index (χ1v) is 8.10. The Labute approximate surface area is 146 Å². The second kappa shape index (κ2) is 6.15. The third-order valence-electron chi connectivity index (χ3n) is 4.64. The minimum absolute atomic E-state index is 0.0727. The van der Waals surface area contributed by atoms with Crippen LogP contribution in [0.1, 0.15) is 36.7 Å². The van der Waals surface area contributed by atoms with Crippen molar-refractivity contribution in [1.29, 1.82) is 0 Å². The number of alkyl halides is 3. The van der Waals surface area contributed by atoms with Crippen molar-refractivity contribution in [2.24, 2.45) is 0 Å². The third kappa shape index (κ3) is 3.04. The molecule has 0 bridgehead atoms. The van der Waals surface area contributed by atoms with Crippen LogP contribution in [-0.2, 0) is 18.0 Å². The molecular formula is C17H14F3N5O. The van der Waals surface area contributed by atoms with E-state index in [0.29, 0.717) is 12.2 Å². The molecule has 134 valence electrons. The zero-order valence-electron chi connectivity index (χ0n) is 13.6. The topological polar surface area (TPSA) is 77.6 Å². The van der Waals surface area contributed by atoms with Gasteiger partial charge in [0.15, 0.2) is 0 Å². The van der Waals surface area contributed by atoms with Gasteiger partial charge in [-0.25, -0.2) is 9.97 Å². The van der Waals surface area contributed by atoms with Crippen LogP contribution in [0.2, 0.25) is 0 Å². The van der Waals surface area contributed by atoms with Crippen LogP contribution in [0.5, 0.6) is 0 Å². The fraction of sp³-hybridized carbons (Fsp3) is 0.353. The number of pyridine rings is 1. The van der Waals surface area contributed by atoms with Crippen LogP contribution in [0.4, 0.5) is 13.2 Å². The van der Waals surface area contributed by atoms with Crippen LogP contribution in [0, 0.1) is 0 Å². The Morgan fingerprint density at radius 3 is 2.35 bits per heavy atom. The molecule has 26 heavy (non-hydrogen) atoms. The zero-order chi connectivity index (χ0) is 18.2. The molecule has 9 heteroatoms. The number of hydrogen-bond acceptors (Lipinski definition) is 6. The summed E-state index contributed by atoms with van der Waals surface area (Å²) in [6, 6.07) is 5.84. The van der Waals surface area contributed by atoms with E-state index in [0.717, 1.165) is 25.0 Å². The molecule has 4 rings (SSSR count). The highest BCUT2D eigenvalue weighted by Gasteiger charge is 2.41. The Morgan fingerprint density at radius 2 is 1.81 bits per heavy atom. The number of halogens is 3. The highest BCUT2D eigenvalue weighted by atomic mass is 19.4. The van der Waals surface area contributed by atoms with Crippen LogP contribution in [0.15, 0.2) is 41.2 Å². The molecule has 0 spiro atoms. The van der Waals surface area contributed by atoms with Gasteiger partial charge in [0.1, 0.15) is 5.82 Å². The van der Waals surface area contributed by atoms with Gasteiger partial charge >= 0.3 is 12.1 Å². The number of hydrogen-bond donors (Lipinski definition) is 0. The molecular weight excluding hydrogens is 347 g/mol. The largest absolute Gasteiger partial charge is 0.470 e. The van der Waals surface area contributed by atoms with Gasteiger partial charge in [-0.1, -0.05) is 12.5 Å². The third-order valence-corrected chi connectivity index (χ3v) is 4.64. The number of nitrogens with zero attached hydrogens (tertiary/aromatic N) is 5. The van der Waals surface area contributed by atoms with Crippen molar-refractivity contribution in [3.63, 3.8) is 0 Å². The van der Waals surface area contributed by atoms with Crippen LogP contribution >= 0.6 is 0 Å². The van der Waals surface area contributed by atoms with Crippen molar-refractivity contribution in [2.75, 3.05) is 0 Å². The van der Waals surface area contributed by atoms with E-state index in [2.05, 4.69) is 29.6 Å². The van der Waals surface area contributed by atoms with Gasteiger partial charge in [-0.3, -0.25) is 4.98 Å². The monoisotopic (exact) mass is 361 g/mol. The molecule has 1 saturated carbocycles. The molecule has 3 heterocycles. The average Bonchev–Trinajstić information content (AvgIpc) is 3.10. The second-order valence-corrected chi connectivity index (χ2v) is 6.32. The lowest BCUT2D eigenvalue weighted by atomic mass is 9.64. The van der Waals surface area contributed by atoms with Gasteiger partial charge in [-0.2, -0.15) is 13.2 Å². The van der Waals surface area contributed by atoms with E-state index in [-0.39, 0.29) is 16.9 Å². The van der Waals surface area contributed by atoms with Crippen molar-refractivity contribution >= 4 is 0 Å². The molecule has 1 fully saturated rings. The average molecular weight is 361 g/mol. The lowest BCUT2D eigenvalue weighted by Gasteiger charge is -2.41. The summed E-state index contributed by atoms with van der Waals surface area (Å²) < 4.78 is 42.3. The summed E-state index contributed by atoms with van der Waals surface area (Å²) >= 11 is 0. The molecule has 0 N–H and O–H groups in total. The summed E-state index contributed by atoms with van der Waals surface area (Å²) in [6.07, 6.45) is 3.67. The SMILES string of the molecule is FC(F)(F)c1nnc(-c2cnc(CC3(c4ccccn4)CCC3)nc2)o1. The van der Waals surface area contributed by atoms with Crippen molar-refractivity contribution in [2.45, 2.75) is 37.3 Å². The summed E-state index contributed by atoms with van der Waals surface area (Å²) in [6.45, 7) is 0. The normalized spacial score (nSPS) is 16.3. The smallest absolute Gasteiger partial charge is 0.413 e. The maximum atomic E-state index is 12.5. The van der Waals surface area contributed by atoms with Gasteiger partial charge < -0.3 is 4.42 Å². The van der Waals surface area contributed by atoms with Gasteiger partial charge in [0, 0.05) is 36.1 Å². The van der Waals surface area contributed by atoms with E-state index in [9.17, 15) is 13.2 Å². The zero-order valence-corrected chi connectivity index (χ0v) is 13.6. The minimum atomic E-state index is -4.68. The van der Waals surface area contributed by atoms with E-state index in [4.69, 9.17) is 0 Å². The van der Waals surface area contributed by atoms with Gasteiger partial charge in [-0.05, 0) is 25.0 Å². The van der Waals surface area contributed by atoms with Crippen molar-refractivity contribution in [3.05, 3.63) is 54.2 Å². The molecule has 0 radical (unpaired) electrons. The van der Waals surface area contributed by atoms with Crippen molar-refractivity contribution < 1.29 is 17.6 Å². The van der Waals surface area contributed by atoms with Crippen molar-refractivity contribution in [3.8, 4) is 11.5 Å². The summed E-state index contributed by atoms with van der Waals surface area (Å²) in [5, 5.41) is 6.41. The van der Waals surface area contributed by atoms with Crippen molar-refractivity contribution in [1.82, 2.24) is 25.1 Å². The molecule has 0 aliphatic heterocycles. The first-order chi connectivity index (χ1) is 12.5. The molecule has 0 saturated heterocycles. The Bertz CT molecular complexity index is 889. The lowest BCUT2D eigenvalue weighted by Crippen LogP contribution is -2.37.